The van der Waals surface area contributed by atoms with E-state index in [1.54, 1.807) is 0 Å². The lowest BCUT2D eigenvalue weighted by Crippen LogP contribution is -2.15. The molecule has 92 valence electrons. The van der Waals surface area contributed by atoms with Gasteiger partial charge in [0, 0.05) is 11.6 Å². The van der Waals surface area contributed by atoms with Gasteiger partial charge in [0.15, 0.2) is 0 Å². The Morgan fingerprint density at radius 2 is 1.81 bits per heavy atom. The van der Waals surface area contributed by atoms with E-state index < -0.39 is 18.0 Å². The van der Waals surface area contributed by atoms with Crippen LogP contribution >= 0.6 is 0 Å². The number of esters is 2. The molecule has 0 fully saturated rings. The standard InChI is InChI=1S/C7H8O3.C3H8O3/c1-4-6(8)10-7(9)5(2)3;4-1-3(6)2-5/h4H,1-2H2,3H3;3-6H,1-2H2. The molecule has 16 heavy (non-hydrogen) atoms. The summed E-state index contributed by atoms with van der Waals surface area (Å²) in [6.07, 6.45) is -0.0362. The molecule has 0 aliphatic rings. The minimum Gasteiger partial charge on any atom is -0.394 e. The van der Waals surface area contributed by atoms with Crippen LogP contribution in [0.2, 0.25) is 0 Å². The molecule has 0 amide bonds. The first-order valence-corrected chi connectivity index (χ1v) is 4.32. The molecule has 6 nitrogen and oxygen atoms in total. The Kier molecular flexibility index (Phi) is 10.6. The highest BCUT2D eigenvalue weighted by Gasteiger charge is 2.06. The van der Waals surface area contributed by atoms with Crippen molar-refractivity contribution in [3.8, 4) is 0 Å². The zero-order valence-electron chi connectivity index (χ0n) is 9.05. The molecule has 6 heteroatoms. The van der Waals surface area contributed by atoms with E-state index in [1.807, 2.05) is 0 Å². The molecule has 0 radical (unpaired) electrons. The number of carbonyl (C=O) groups excluding carboxylic acids is 2. The number of ether oxygens (including phenoxy) is 1. The quantitative estimate of drug-likeness (QED) is 0.331. The normalized spacial score (nSPS) is 8.81. The van der Waals surface area contributed by atoms with Crippen molar-refractivity contribution in [1.29, 1.82) is 0 Å². The van der Waals surface area contributed by atoms with Crippen LogP contribution in [0, 0.1) is 0 Å². The molecule has 0 aromatic rings. The molecular weight excluding hydrogens is 216 g/mol. The molecule has 0 rings (SSSR count). The third-order valence-corrected chi connectivity index (χ3v) is 1.13. The van der Waals surface area contributed by atoms with Gasteiger partial charge in [0.25, 0.3) is 0 Å². The first-order valence-electron chi connectivity index (χ1n) is 4.32. The number of hydrogen-bond donors (Lipinski definition) is 3. The highest BCUT2D eigenvalue weighted by atomic mass is 16.6. The van der Waals surface area contributed by atoms with Crippen LogP contribution < -0.4 is 0 Å². The molecule has 0 aromatic heterocycles. The Morgan fingerprint density at radius 1 is 1.38 bits per heavy atom. The van der Waals surface area contributed by atoms with Gasteiger partial charge in [-0.2, -0.15) is 0 Å². The first-order chi connectivity index (χ1) is 7.38. The van der Waals surface area contributed by atoms with Crippen molar-refractivity contribution in [2.75, 3.05) is 13.2 Å². The number of rotatable bonds is 4. The molecule has 0 heterocycles. The Hall–Kier alpha value is -1.50. The van der Waals surface area contributed by atoms with E-state index >= 15 is 0 Å². The molecule has 0 aliphatic carbocycles. The van der Waals surface area contributed by atoms with Gasteiger partial charge < -0.3 is 20.1 Å². The summed E-state index contributed by atoms with van der Waals surface area (Å²) in [5.41, 5.74) is 0.190. The summed E-state index contributed by atoms with van der Waals surface area (Å²) < 4.78 is 4.17. The maximum atomic E-state index is 10.5. The summed E-state index contributed by atoms with van der Waals surface area (Å²) in [5.74, 6) is -1.47. The van der Waals surface area contributed by atoms with E-state index in [0.29, 0.717) is 0 Å². The first kappa shape index (κ1) is 16.9. The van der Waals surface area contributed by atoms with E-state index in [-0.39, 0.29) is 18.8 Å². The van der Waals surface area contributed by atoms with Crippen LogP contribution in [0.3, 0.4) is 0 Å². The number of aliphatic hydroxyl groups excluding tert-OH is 3. The Balaban J connectivity index is 0. The third-order valence-electron chi connectivity index (χ3n) is 1.13. The zero-order valence-corrected chi connectivity index (χ0v) is 9.05. The fourth-order valence-corrected chi connectivity index (χ4v) is 0.278. The van der Waals surface area contributed by atoms with Crippen LogP contribution in [0.15, 0.2) is 24.8 Å². The molecule has 0 bridgehead atoms. The summed E-state index contributed by atoms with van der Waals surface area (Å²) in [6.45, 7) is 7.13. The maximum Gasteiger partial charge on any atom is 0.340 e. The number of aliphatic hydroxyl groups is 3. The summed E-state index contributed by atoms with van der Waals surface area (Å²) in [7, 11) is 0. The number of hydrogen-bond acceptors (Lipinski definition) is 6. The monoisotopic (exact) mass is 232 g/mol. The predicted octanol–water partition coefficient (Wildman–Crippen LogP) is -0.850. The molecule has 0 unspecified atom stereocenters. The molecule has 0 atom stereocenters. The molecule has 3 N–H and O–H groups in total. The largest absolute Gasteiger partial charge is 0.394 e. The lowest BCUT2D eigenvalue weighted by Gasteiger charge is -1.96. The third kappa shape index (κ3) is 10.6. The maximum absolute atomic E-state index is 10.5. The van der Waals surface area contributed by atoms with E-state index in [9.17, 15) is 9.59 Å². The lowest BCUT2D eigenvalue weighted by atomic mass is 10.4. The average molecular weight is 232 g/mol. The van der Waals surface area contributed by atoms with Crippen LogP contribution in [-0.4, -0.2) is 46.6 Å². The second-order valence-electron chi connectivity index (χ2n) is 2.71. The molecule has 0 aromatic carbocycles. The summed E-state index contributed by atoms with van der Waals surface area (Å²) in [4.78, 5) is 20.8. The van der Waals surface area contributed by atoms with Crippen molar-refractivity contribution < 1.29 is 29.6 Å². The fraction of sp³-hybridized carbons (Fsp3) is 0.400. The van der Waals surface area contributed by atoms with Crippen LogP contribution in [0.5, 0.6) is 0 Å². The SMILES string of the molecule is C=CC(=O)OC(=O)C(=C)C.OCC(O)CO. The van der Waals surface area contributed by atoms with Crippen molar-refractivity contribution in [3.05, 3.63) is 24.8 Å². The Morgan fingerprint density at radius 3 is 2.00 bits per heavy atom. The second-order valence-corrected chi connectivity index (χ2v) is 2.71. The minimum absolute atomic E-state index is 0.190. The van der Waals surface area contributed by atoms with E-state index in [1.165, 1.54) is 6.92 Å². The summed E-state index contributed by atoms with van der Waals surface area (Å²) >= 11 is 0. The van der Waals surface area contributed by atoms with Crippen LogP contribution in [-0.2, 0) is 14.3 Å². The van der Waals surface area contributed by atoms with Crippen LogP contribution in [0.4, 0.5) is 0 Å². The van der Waals surface area contributed by atoms with Crippen molar-refractivity contribution >= 4 is 11.9 Å². The minimum atomic E-state index is -0.954. The van der Waals surface area contributed by atoms with Gasteiger partial charge in [0.1, 0.15) is 6.10 Å². The van der Waals surface area contributed by atoms with Gasteiger partial charge in [-0.15, -0.1) is 0 Å². The van der Waals surface area contributed by atoms with Gasteiger partial charge in [-0.05, 0) is 6.92 Å². The summed E-state index contributed by atoms with van der Waals surface area (Å²) in [5, 5.41) is 24.0. The second kappa shape index (κ2) is 10.0. The number of carbonyl (C=O) groups is 2. The lowest BCUT2D eigenvalue weighted by molar-refractivity contribution is -0.153. The predicted molar refractivity (Wildman–Crippen MR) is 56.3 cm³/mol. The topological polar surface area (TPSA) is 104 Å². The molecular formula is C10H16O6. The molecule has 0 saturated carbocycles. The van der Waals surface area contributed by atoms with E-state index in [0.717, 1.165) is 6.08 Å². The fourth-order valence-electron chi connectivity index (χ4n) is 0.278. The zero-order chi connectivity index (χ0) is 13.1. The van der Waals surface area contributed by atoms with Gasteiger partial charge in [-0.3, -0.25) is 0 Å². The van der Waals surface area contributed by atoms with E-state index in [2.05, 4.69) is 17.9 Å². The van der Waals surface area contributed by atoms with Crippen molar-refractivity contribution in [2.45, 2.75) is 13.0 Å². The van der Waals surface area contributed by atoms with Crippen molar-refractivity contribution in [3.63, 3.8) is 0 Å². The smallest absolute Gasteiger partial charge is 0.340 e. The van der Waals surface area contributed by atoms with E-state index in [4.69, 9.17) is 15.3 Å². The summed E-state index contributed by atoms with van der Waals surface area (Å²) in [6, 6.07) is 0. The van der Waals surface area contributed by atoms with Gasteiger partial charge in [0.2, 0.25) is 0 Å². The highest BCUT2D eigenvalue weighted by Crippen LogP contribution is 1.92. The van der Waals surface area contributed by atoms with Crippen LogP contribution in [0.25, 0.3) is 0 Å². The van der Waals surface area contributed by atoms with Gasteiger partial charge in [0.05, 0.1) is 13.2 Å². The van der Waals surface area contributed by atoms with Gasteiger partial charge in [-0.1, -0.05) is 13.2 Å². The molecule has 0 spiro atoms. The average Bonchev–Trinajstić information content (AvgIpc) is 2.28. The van der Waals surface area contributed by atoms with Gasteiger partial charge >= 0.3 is 11.9 Å². The Labute approximate surface area is 93.5 Å². The van der Waals surface area contributed by atoms with Crippen LogP contribution in [0.1, 0.15) is 6.92 Å². The molecule has 0 aliphatic heterocycles. The van der Waals surface area contributed by atoms with Crippen molar-refractivity contribution in [2.24, 2.45) is 0 Å². The van der Waals surface area contributed by atoms with Crippen molar-refractivity contribution in [1.82, 2.24) is 0 Å². The highest BCUT2D eigenvalue weighted by molar-refractivity contribution is 5.98. The Bertz CT molecular complexity index is 254. The molecule has 0 saturated heterocycles. The van der Waals surface area contributed by atoms with Gasteiger partial charge in [-0.25, -0.2) is 9.59 Å².